The number of rotatable bonds is 3. The molecule has 7 nitrogen and oxygen atoms in total. The van der Waals surface area contributed by atoms with Gasteiger partial charge in [-0.15, -0.1) is 0 Å². The quantitative estimate of drug-likeness (QED) is 0.812. The Bertz CT molecular complexity index is 810. The van der Waals surface area contributed by atoms with Gasteiger partial charge in [0, 0.05) is 7.05 Å². The average molecular weight is 374 g/mol. The number of carbonyl (C=O) groups excluding carboxylic acids is 2. The Hall–Kier alpha value is -2.44. The van der Waals surface area contributed by atoms with Crippen molar-refractivity contribution < 1.29 is 23.8 Å². The number of fused-ring (bicyclic) bond motifs is 2. The van der Waals surface area contributed by atoms with E-state index in [9.17, 15) is 9.59 Å². The first kappa shape index (κ1) is 17.9. The molecule has 4 rings (SSSR count). The van der Waals surface area contributed by atoms with Gasteiger partial charge in [-0.1, -0.05) is 13.8 Å². The molecule has 3 aliphatic rings. The molecule has 2 fully saturated rings. The summed E-state index contributed by atoms with van der Waals surface area (Å²) in [6.45, 7) is 6.20. The summed E-state index contributed by atoms with van der Waals surface area (Å²) in [6, 6.07) is 2.72. The van der Waals surface area contributed by atoms with Gasteiger partial charge in [0.05, 0.1) is 13.2 Å². The molecule has 0 aromatic heterocycles. The Morgan fingerprint density at radius 3 is 2.67 bits per heavy atom. The maximum absolute atomic E-state index is 13.2. The zero-order chi connectivity index (χ0) is 19.5. The summed E-state index contributed by atoms with van der Waals surface area (Å²) < 4.78 is 16.6. The standard InChI is InChI=1S/C20H26N2O5/c1-6-20(3)9-13-19(24)21(4)11(2)18(23)22(13)17(20)12-7-14(25-5)16-15(8-12)26-10-27-16/h7-8,11,13,17H,6,9-10H2,1-5H3/t11-,13+,17?,20?/m1/s1. The van der Waals surface area contributed by atoms with Crippen molar-refractivity contribution in [1.29, 1.82) is 0 Å². The van der Waals surface area contributed by atoms with Crippen LogP contribution in [-0.2, 0) is 9.59 Å². The summed E-state index contributed by atoms with van der Waals surface area (Å²) in [5.41, 5.74) is 0.695. The van der Waals surface area contributed by atoms with E-state index in [2.05, 4.69) is 13.8 Å². The molecule has 0 radical (unpaired) electrons. The second-order valence-electron chi connectivity index (χ2n) is 7.96. The molecule has 7 heteroatoms. The third kappa shape index (κ3) is 2.40. The first-order valence-corrected chi connectivity index (χ1v) is 9.38. The topological polar surface area (TPSA) is 68.3 Å². The van der Waals surface area contributed by atoms with E-state index in [-0.39, 0.29) is 30.1 Å². The van der Waals surface area contributed by atoms with Crippen LogP contribution in [0.4, 0.5) is 0 Å². The van der Waals surface area contributed by atoms with Gasteiger partial charge >= 0.3 is 0 Å². The van der Waals surface area contributed by atoms with Gasteiger partial charge < -0.3 is 24.0 Å². The van der Waals surface area contributed by atoms with E-state index >= 15 is 0 Å². The monoisotopic (exact) mass is 374 g/mol. The zero-order valence-corrected chi connectivity index (χ0v) is 16.4. The first-order valence-electron chi connectivity index (χ1n) is 9.38. The lowest BCUT2D eigenvalue weighted by molar-refractivity contribution is -0.159. The Morgan fingerprint density at radius 1 is 1.26 bits per heavy atom. The first-order chi connectivity index (χ1) is 12.8. The van der Waals surface area contributed by atoms with E-state index in [1.807, 2.05) is 12.1 Å². The molecule has 0 N–H and O–H groups in total. The van der Waals surface area contributed by atoms with Gasteiger partial charge in [0.2, 0.25) is 24.4 Å². The van der Waals surface area contributed by atoms with Crippen molar-refractivity contribution in [1.82, 2.24) is 9.80 Å². The summed E-state index contributed by atoms with van der Waals surface area (Å²) in [4.78, 5) is 29.5. The van der Waals surface area contributed by atoms with Crippen molar-refractivity contribution in [3.8, 4) is 17.2 Å². The number of ether oxygens (including phenoxy) is 3. The number of piperazine rings is 1. The molecule has 2 saturated heterocycles. The van der Waals surface area contributed by atoms with Crippen LogP contribution in [0.15, 0.2) is 12.1 Å². The van der Waals surface area contributed by atoms with E-state index in [1.165, 1.54) is 0 Å². The summed E-state index contributed by atoms with van der Waals surface area (Å²) in [7, 11) is 3.30. The number of hydrogen-bond acceptors (Lipinski definition) is 5. The number of amides is 2. The van der Waals surface area contributed by atoms with Gasteiger partial charge in [-0.2, -0.15) is 0 Å². The molecule has 0 aliphatic carbocycles. The predicted molar refractivity (Wildman–Crippen MR) is 97.7 cm³/mol. The number of nitrogens with zero attached hydrogens (tertiary/aromatic N) is 2. The Morgan fingerprint density at radius 2 is 2.00 bits per heavy atom. The minimum atomic E-state index is -0.466. The van der Waals surface area contributed by atoms with Crippen LogP contribution in [0, 0.1) is 5.41 Å². The zero-order valence-electron chi connectivity index (χ0n) is 16.4. The lowest BCUT2D eigenvalue weighted by Crippen LogP contribution is -2.60. The van der Waals surface area contributed by atoms with Gasteiger partial charge in [0.1, 0.15) is 12.1 Å². The SMILES string of the molecule is CCC1(C)C[C@H]2C(=O)N(C)[C@H](C)C(=O)N2C1c1cc(OC)c2c(c1)OCO2. The highest BCUT2D eigenvalue weighted by Crippen LogP contribution is 2.56. The number of benzene rings is 1. The fourth-order valence-corrected chi connectivity index (χ4v) is 4.67. The van der Waals surface area contributed by atoms with E-state index in [1.54, 1.807) is 30.9 Å². The Balaban J connectivity index is 1.85. The second-order valence-corrected chi connectivity index (χ2v) is 7.96. The molecule has 0 saturated carbocycles. The van der Waals surface area contributed by atoms with Crippen molar-refractivity contribution in [3.63, 3.8) is 0 Å². The van der Waals surface area contributed by atoms with Crippen LogP contribution in [0.3, 0.4) is 0 Å². The molecule has 2 amide bonds. The van der Waals surface area contributed by atoms with Crippen molar-refractivity contribution >= 4 is 11.8 Å². The van der Waals surface area contributed by atoms with Crippen molar-refractivity contribution in [2.75, 3.05) is 21.0 Å². The molecule has 3 heterocycles. The molecule has 0 spiro atoms. The van der Waals surface area contributed by atoms with E-state index < -0.39 is 12.1 Å². The molecule has 4 atom stereocenters. The average Bonchev–Trinajstić information content (AvgIpc) is 3.26. The Labute approximate surface area is 159 Å². The molecular formula is C20H26N2O5. The van der Waals surface area contributed by atoms with Crippen LogP contribution in [-0.4, -0.2) is 54.6 Å². The summed E-state index contributed by atoms with van der Waals surface area (Å²) in [5, 5.41) is 0. The van der Waals surface area contributed by atoms with Crippen LogP contribution in [0.1, 0.15) is 45.2 Å². The fraction of sp³-hybridized carbons (Fsp3) is 0.600. The van der Waals surface area contributed by atoms with Gasteiger partial charge in [-0.05, 0) is 42.9 Å². The highest BCUT2D eigenvalue weighted by Gasteiger charge is 2.57. The van der Waals surface area contributed by atoms with E-state index in [0.29, 0.717) is 23.7 Å². The Kier molecular flexibility index (Phi) is 4.01. The lowest BCUT2D eigenvalue weighted by Gasteiger charge is -2.42. The molecule has 0 bridgehead atoms. The number of methoxy groups -OCH3 is 1. The normalized spacial score (nSPS) is 32.1. The lowest BCUT2D eigenvalue weighted by atomic mass is 9.76. The highest BCUT2D eigenvalue weighted by atomic mass is 16.7. The summed E-state index contributed by atoms with van der Waals surface area (Å²) >= 11 is 0. The van der Waals surface area contributed by atoms with Crippen molar-refractivity contribution in [2.45, 2.75) is 51.7 Å². The van der Waals surface area contributed by atoms with Crippen LogP contribution < -0.4 is 14.2 Å². The molecule has 27 heavy (non-hydrogen) atoms. The second kappa shape index (κ2) is 6.04. The summed E-state index contributed by atoms with van der Waals surface area (Å²) in [5.74, 6) is 1.79. The van der Waals surface area contributed by atoms with Gasteiger partial charge in [-0.3, -0.25) is 9.59 Å². The maximum Gasteiger partial charge on any atom is 0.246 e. The highest BCUT2D eigenvalue weighted by molar-refractivity contribution is 5.97. The molecule has 3 aliphatic heterocycles. The smallest absolute Gasteiger partial charge is 0.246 e. The minimum absolute atomic E-state index is 0.0111. The van der Waals surface area contributed by atoms with Crippen LogP contribution in [0.25, 0.3) is 0 Å². The predicted octanol–water partition coefficient (Wildman–Crippen LogP) is 2.34. The molecular weight excluding hydrogens is 348 g/mol. The number of hydrogen-bond donors (Lipinski definition) is 0. The van der Waals surface area contributed by atoms with Gasteiger partial charge in [-0.25, -0.2) is 0 Å². The molecule has 1 aromatic rings. The van der Waals surface area contributed by atoms with E-state index in [0.717, 1.165) is 12.0 Å². The van der Waals surface area contributed by atoms with Gasteiger partial charge in [0.25, 0.3) is 0 Å². The molecule has 146 valence electrons. The third-order valence-corrected chi connectivity index (χ3v) is 6.56. The van der Waals surface area contributed by atoms with E-state index in [4.69, 9.17) is 14.2 Å². The largest absolute Gasteiger partial charge is 0.493 e. The maximum atomic E-state index is 13.2. The number of likely N-dealkylation sites (N-methyl/N-ethyl adjacent to an activating group) is 1. The minimum Gasteiger partial charge on any atom is -0.493 e. The van der Waals surface area contributed by atoms with Gasteiger partial charge in [0.15, 0.2) is 11.5 Å². The molecule has 2 unspecified atom stereocenters. The van der Waals surface area contributed by atoms with Crippen molar-refractivity contribution in [2.24, 2.45) is 5.41 Å². The van der Waals surface area contributed by atoms with Crippen LogP contribution >= 0.6 is 0 Å². The fourth-order valence-electron chi connectivity index (χ4n) is 4.67. The van der Waals surface area contributed by atoms with Crippen LogP contribution in [0.2, 0.25) is 0 Å². The number of carbonyl (C=O) groups is 2. The third-order valence-electron chi connectivity index (χ3n) is 6.56. The van der Waals surface area contributed by atoms with Crippen molar-refractivity contribution in [3.05, 3.63) is 17.7 Å². The summed E-state index contributed by atoms with van der Waals surface area (Å²) in [6.07, 6.45) is 1.49. The van der Waals surface area contributed by atoms with Crippen LogP contribution in [0.5, 0.6) is 17.2 Å². The molecule has 1 aromatic carbocycles.